The van der Waals surface area contributed by atoms with Gasteiger partial charge in [0, 0.05) is 0 Å². The summed E-state index contributed by atoms with van der Waals surface area (Å²) in [6.45, 7) is 1.93. The SMILES string of the molecule is CNC(c1ccco1)c1ccc(C)o1. The summed E-state index contributed by atoms with van der Waals surface area (Å²) in [7, 11) is 1.88. The van der Waals surface area contributed by atoms with E-state index in [9.17, 15) is 0 Å². The van der Waals surface area contributed by atoms with Gasteiger partial charge in [0.15, 0.2) is 0 Å². The number of aryl methyl sites for hydroxylation is 1. The van der Waals surface area contributed by atoms with Crippen LogP contribution >= 0.6 is 0 Å². The van der Waals surface area contributed by atoms with Crippen LogP contribution in [0.4, 0.5) is 0 Å². The van der Waals surface area contributed by atoms with Crippen LogP contribution in [0.15, 0.2) is 39.4 Å². The minimum Gasteiger partial charge on any atom is -0.467 e. The first-order chi connectivity index (χ1) is 6.81. The zero-order chi connectivity index (χ0) is 9.97. The molecular formula is C11H13NO2. The molecule has 74 valence electrons. The highest BCUT2D eigenvalue weighted by Crippen LogP contribution is 2.23. The van der Waals surface area contributed by atoms with Gasteiger partial charge in [0.1, 0.15) is 23.3 Å². The third-order valence-electron chi connectivity index (χ3n) is 2.16. The van der Waals surface area contributed by atoms with Gasteiger partial charge in [-0.1, -0.05) is 0 Å². The van der Waals surface area contributed by atoms with E-state index in [2.05, 4.69) is 5.32 Å². The van der Waals surface area contributed by atoms with Crippen molar-refractivity contribution in [1.82, 2.24) is 5.32 Å². The Balaban J connectivity index is 2.31. The van der Waals surface area contributed by atoms with E-state index >= 15 is 0 Å². The molecule has 0 saturated heterocycles. The van der Waals surface area contributed by atoms with Crippen molar-refractivity contribution in [3.63, 3.8) is 0 Å². The molecule has 0 radical (unpaired) electrons. The molecule has 2 heterocycles. The molecule has 0 aliphatic carbocycles. The number of nitrogens with one attached hydrogen (secondary N) is 1. The van der Waals surface area contributed by atoms with Crippen LogP contribution in [0, 0.1) is 6.92 Å². The number of rotatable bonds is 3. The minimum absolute atomic E-state index is 0.00120. The van der Waals surface area contributed by atoms with Gasteiger partial charge in [0.25, 0.3) is 0 Å². The maximum Gasteiger partial charge on any atom is 0.128 e. The van der Waals surface area contributed by atoms with Gasteiger partial charge in [-0.15, -0.1) is 0 Å². The average molecular weight is 191 g/mol. The van der Waals surface area contributed by atoms with E-state index in [0.717, 1.165) is 17.3 Å². The zero-order valence-electron chi connectivity index (χ0n) is 8.28. The monoisotopic (exact) mass is 191 g/mol. The fourth-order valence-corrected chi connectivity index (χ4v) is 1.49. The molecular weight excluding hydrogens is 178 g/mol. The second kappa shape index (κ2) is 3.72. The lowest BCUT2D eigenvalue weighted by Gasteiger charge is -2.09. The van der Waals surface area contributed by atoms with Gasteiger partial charge in [-0.3, -0.25) is 0 Å². The van der Waals surface area contributed by atoms with Crippen molar-refractivity contribution in [2.75, 3.05) is 7.05 Å². The fourth-order valence-electron chi connectivity index (χ4n) is 1.49. The van der Waals surface area contributed by atoms with Crippen LogP contribution in [0.25, 0.3) is 0 Å². The fraction of sp³-hybridized carbons (Fsp3) is 0.273. The topological polar surface area (TPSA) is 38.3 Å². The molecule has 1 unspecified atom stereocenters. The van der Waals surface area contributed by atoms with Crippen LogP contribution in [0.2, 0.25) is 0 Å². The van der Waals surface area contributed by atoms with E-state index in [1.807, 2.05) is 38.2 Å². The van der Waals surface area contributed by atoms with Gasteiger partial charge in [0.05, 0.1) is 6.26 Å². The quantitative estimate of drug-likeness (QED) is 0.810. The third kappa shape index (κ3) is 1.59. The summed E-state index contributed by atoms with van der Waals surface area (Å²) in [5, 5.41) is 3.15. The second-order valence-electron chi connectivity index (χ2n) is 3.19. The van der Waals surface area contributed by atoms with Gasteiger partial charge in [0.2, 0.25) is 0 Å². The van der Waals surface area contributed by atoms with E-state index in [4.69, 9.17) is 8.83 Å². The highest BCUT2D eigenvalue weighted by molar-refractivity contribution is 5.19. The van der Waals surface area contributed by atoms with E-state index in [0.29, 0.717) is 0 Å². The average Bonchev–Trinajstić information content (AvgIpc) is 2.79. The summed E-state index contributed by atoms with van der Waals surface area (Å²) in [4.78, 5) is 0. The zero-order valence-corrected chi connectivity index (χ0v) is 8.28. The highest BCUT2D eigenvalue weighted by atomic mass is 16.4. The number of hydrogen-bond donors (Lipinski definition) is 1. The maximum atomic E-state index is 5.54. The smallest absolute Gasteiger partial charge is 0.128 e. The molecule has 14 heavy (non-hydrogen) atoms. The molecule has 3 heteroatoms. The molecule has 0 aliphatic rings. The Bertz CT molecular complexity index is 389. The van der Waals surface area contributed by atoms with Crippen LogP contribution < -0.4 is 5.32 Å². The lowest BCUT2D eigenvalue weighted by Crippen LogP contribution is -2.16. The number of furan rings is 2. The van der Waals surface area contributed by atoms with Gasteiger partial charge in [-0.25, -0.2) is 0 Å². The van der Waals surface area contributed by atoms with Crippen LogP contribution in [-0.2, 0) is 0 Å². The van der Waals surface area contributed by atoms with Crippen molar-refractivity contribution in [3.8, 4) is 0 Å². The molecule has 0 amide bonds. The van der Waals surface area contributed by atoms with Crippen molar-refractivity contribution >= 4 is 0 Å². The lowest BCUT2D eigenvalue weighted by molar-refractivity contribution is 0.394. The molecule has 3 nitrogen and oxygen atoms in total. The molecule has 0 aromatic carbocycles. The normalized spacial score (nSPS) is 13.0. The van der Waals surface area contributed by atoms with Gasteiger partial charge in [-0.2, -0.15) is 0 Å². The molecule has 0 aliphatic heterocycles. The van der Waals surface area contributed by atoms with E-state index in [-0.39, 0.29) is 6.04 Å². The molecule has 0 saturated carbocycles. The predicted molar refractivity (Wildman–Crippen MR) is 53.1 cm³/mol. The van der Waals surface area contributed by atoms with Crippen molar-refractivity contribution in [2.24, 2.45) is 0 Å². The first-order valence-electron chi connectivity index (χ1n) is 4.58. The summed E-state index contributed by atoms with van der Waals surface area (Å²) in [6, 6.07) is 7.70. The Kier molecular flexibility index (Phi) is 2.41. The van der Waals surface area contributed by atoms with Gasteiger partial charge < -0.3 is 14.2 Å². The molecule has 0 spiro atoms. The Morgan fingerprint density at radius 3 is 2.57 bits per heavy atom. The maximum absolute atomic E-state index is 5.54. The number of hydrogen-bond acceptors (Lipinski definition) is 3. The molecule has 1 atom stereocenters. The van der Waals surface area contributed by atoms with Crippen LogP contribution in [-0.4, -0.2) is 7.05 Å². The van der Waals surface area contributed by atoms with E-state index in [1.165, 1.54) is 0 Å². The Labute approximate surface area is 82.7 Å². The Morgan fingerprint density at radius 2 is 2.07 bits per heavy atom. The van der Waals surface area contributed by atoms with Crippen LogP contribution in [0.3, 0.4) is 0 Å². The second-order valence-corrected chi connectivity index (χ2v) is 3.19. The summed E-state index contributed by atoms with van der Waals surface area (Å²) in [6.07, 6.45) is 1.66. The summed E-state index contributed by atoms with van der Waals surface area (Å²) >= 11 is 0. The van der Waals surface area contributed by atoms with Crippen molar-refractivity contribution < 1.29 is 8.83 Å². The van der Waals surface area contributed by atoms with E-state index < -0.39 is 0 Å². The molecule has 2 aromatic heterocycles. The first-order valence-corrected chi connectivity index (χ1v) is 4.58. The highest BCUT2D eigenvalue weighted by Gasteiger charge is 2.17. The first kappa shape index (κ1) is 9.09. The van der Waals surface area contributed by atoms with Crippen molar-refractivity contribution in [2.45, 2.75) is 13.0 Å². The molecule has 1 N–H and O–H groups in total. The molecule has 0 fully saturated rings. The van der Waals surface area contributed by atoms with E-state index in [1.54, 1.807) is 6.26 Å². The summed E-state index contributed by atoms with van der Waals surface area (Å²) in [5.41, 5.74) is 0. The van der Waals surface area contributed by atoms with Gasteiger partial charge in [-0.05, 0) is 38.2 Å². The minimum atomic E-state index is -0.00120. The molecule has 2 aromatic rings. The van der Waals surface area contributed by atoms with Crippen LogP contribution in [0.1, 0.15) is 23.3 Å². The molecule has 0 bridgehead atoms. The molecule has 2 rings (SSSR count). The largest absolute Gasteiger partial charge is 0.467 e. The Morgan fingerprint density at radius 1 is 1.21 bits per heavy atom. The van der Waals surface area contributed by atoms with Gasteiger partial charge >= 0.3 is 0 Å². The van der Waals surface area contributed by atoms with Crippen molar-refractivity contribution in [3.05, 3.63) is 47.8 Å². The van der Waals surface area contributed by atoms with Crippen LogP contribution in [0.5, 0.6) is 0 Å². The summed E-state index contributed by atoms with van der Waals surface area (Å²) < 4.78 is 10.9. The standard InChI is InChI=1S/C11H13NO2/c1-8-5-6-10(14-8)11(12-2)9-4-3-7-13-9/h3-7,11-12H,1-2H3. The Hall–Kier alpha value is -1.48. The van der Waals surface area contributed by atoms with Crippen molar-refractivity contribution in [1.29, 1.82) is 0 Å². The predicted octanol–water partition coefficient (Wildman–Crippen LogP) is 2.49. The third-order valence-corrected chi connectivity index (χ3v) is 2.16. The lowest BCUT2D eigenvalue weighted by atomic mass is 10.2. The summed E-state index contributed by atoms with van der Waals surface area (Å²) in [5.74, 6) is 2.65.